The van der Waals surface area contributed by atoms with Gasteiger partial charge in [-0.2, -0.15) is 0 Å². The van der Waals surface area contributed by atoms with Crippen molar-refractivity contribution in [2.24, 2.45) is 0 Å². The van der Waals surface area contributed by atoms with Gasteiger partial charge in [0.15, 0.2) is 0 Å². The van der Waals surface area contributed by atoms with Gasteiger partial charge in [-0.05, 0) is 76.2 Å². The molecule has 0 bridgehead atoms. The zero-order valence-corrected chi connectivity index (χ0v) is 23.1. The van der Waals surface area contributed by atoms with Crippen LogP contribution >= 0.6 is 0 Å². The van der Waals surface area contributed by atoms with Crippen LogP contribution in [0.1, 0.15) is 33.4 Å². The molecule has 3 aromatic rings. The van der Waals surface area contributed by atoms with Crippen LogP contribution < -0.4 is 15.0 Å². The minimum atomic E-state index is -0.212. The molecule has 2 nitrogen and oxygen atoms in total. The standard InChI is InChI=1S/C21H25N2.C8H11Si.Cu/c1-14-9-16(3)20(17(4)10-14)22-7-8-23(13-22)21-18(5)11-15(2)12-19(21)6;1-9(2)8-6-4-3-5-7-8;/h7-13H,1-6H3;3-7H,1-2H3;/q-1;;+1. The number of rotatable bonds is 3. The molecular weight excluding hydrogens is 468 g/mol. The fourth-order valence-corrected chi connectivity index (χ4v) is 5.41. The normalized spacial score (nSPS) is 12.5. The van der Waals surface area contributed by atoms with Gasteiger partial charge < -0.3 is 9.80 Å². The maximum atomic E-state index is 2.31. The number of hydrogen-bond acceptors (Lipinski definition) is 2. The van der Waals surface area contributed by atoms with Crippen LogP contribution in [0.15, 0.2) is 67.0 Å². The van der Waals surface area contributed by atoms with E-state index in [4.69, 9.17) is 0 Å². The molecule has 0 saturated heterocycles. The summed E-state index contributed by atoms with van der Waals surface area (Å²) in [5.74, 6) is 0. The van der Waals surface area contributed by atoms with Gasteiger partial charge in [0.2, 0.25) is 0 Å². The van der Waals surface area contributed by atoms with E-state index < -0.39 is 0 Å². The Morgan fingerprint density at radius 2 is 0.970 bits per heavy atom. The van der Waals surface area contributed by atoms with Crippen LogP contribution in [0.4, 0.5) is 11.4 Å². The molecule has 0 N–H and O–H groups in total. The maximum absolute atomic E-state index is 2.31. The average Bonchev–Trinajstić information content (AvgIpc) is 3.16. The van der Waals surface area contributed by atoms with Crippen molar-refractivity contribution in [3.8, 4) is 0 Å². The molecule has 0 atom stereocenters. The van der Waals surface area contributed by atoms with Gasteiger partial charge in [-0.3, -0.25) is 0 Å². The summed E-state index contributed by atoms with van der Waals surface area (Å²) in [6.45, 7) is 19.8. The first kappa shape index (κ1) is 27.0. The maximum Gasteiger partial charge on any atom is 1.00 e. The first-order valence-corrected chi connectivity index (χ1v) is 13.8. The predicted octanol–water partition coefficient (Wildman–Crippen LogP) is 7.10. The van der Waals surface area contributed by atoms with Gasteiger partial charge in [-0.15, -0.1) is 6.67 Å². The van der Waals surface area contributed by atoms with E-state index in [1.807, 2.05) is 0 Å². The molecule has 33 heavy (non-hydrogen) atoms. The Morgan fingerprint density at radius 1 is 0.606 bits per heavy atom. The third-order valence-electron chi connectivity index (χ3n) is 5.78. The largest absolute Gasteiger partial charge is 1.00 e. The summed E-state index contributed by atoms with van der Waals surface area (Å²) < 4.78 is 0. The number of nitrogens with zero attached hydrogens (tertiary/aromatic N) is 2. The van der Waals surface area contributed by atoms with Crippen molar-refractivity contribution in [1.29, 1.82) is 0 Å². The Morgan fingerprint density at radius 3 is 1.27 bits per heavy atom. The molecule has 0 aliphatic carbocycles. The molecule has 4 rings (SSSR count). The Hall–Kier alpha value is -2.26. The zero-order chi connectivity index (χ0) is 23.4. The van der Waals surface area contributed by atoms with E-state index in [2.05, 4.69) is 138 Å². The molecule has 1 aliphatic heterocycles. The van der Waals surface area contributed by atoms with E-state index >= 15 is 0 Å². The Balaban J connectivity index is 0.000000326. The first-order valence-electron chi connectivity index (χ1n) is 11.3. The third kappa shape index (κ3) is 6.63. The Bertz CT molecular complexity index is 994. The van der Waals surface area contributed by atoms with Crippen LogP contribution in [0.5, 0.6) is 0 Å². The van der Waals surface area contributed by atoms with E-state index in [0.717, 1.165) is 0 Å². The van der Waals surface area contributed by atoms with E-state index in [0.29, 0.717) is 0 Å². The van der Waals surface area contributed by atoms with Gasteiger partial charge in [0.05, 0.1) is 8.80 Å². The fraction of sp³-hybridized carbons (Fsp3) is 0.276. The van der Waals surface area contributed by atoms with Crippen molar-refractivity contribution in [2.75, 3.05) is 9.80 Å². The number of aryl methyl sites for hydroxylation is 6. The van der Waals surface area contributed by atoms with Gasteiger partial charge in [0.25, 0.3) is 0 Å². The summed E-state index contributed by atoms with van der Waals surface area (Å²) >= 11 is 0. The molecule has 0 amide bonds. The molecule has 1 aliphatic rings. The minimum Gasteiger partial charge on any atom is -0.479 e. The summed E-state index contributed by atoms with van der Waals surface area (Å²) in [6, 6.07) is 19.7. The topological polar surface area (TPSA) is 6.48 Å². The molecule has 4 heteroatoms. The quantitative estimate of drug-likeness (QED) is 0.278. The molecule has 0 saturated carbocycles. The van der Waals surface area contributed by atoms with Crippen molar-refractivity contribution >= 4 is 25.4 Å². The van der Waals surface area contributed by atoms with Crippen molar-refractivity contribution < 1.29 is 17.1 Å². The average molecular weight is 504 g/mol. The smallest absolute Gasteiger partial charge is 0.479 e. The summed E-state index contributed by atoms with van der Waals surface area (Å²) in [5.41, 5.74) is 10.4. The van der Waals surface area contributed by atoms with Crippen molar-refractivity contribution in [1.82, 2.24) is 0 Å². The number of benzene rings is 3. The van der Waals surface area contributed by atoms with Crippen LogP contribution in [0.3, 0.4) is 0 Å². The summed E-state index contributed by atoms with van der Waals surface area (Å²) in [5, 5.41) is 1.52. The number of hydrogen-bond donors (Lipinski definition) is 0. The van der Waals surface area contributed by atoms with E-state index in [1.165, 1.54) is 49.9 Å². The molecule has 0 unspecified atom stereocenters. The molecule has 0 spiro atoms. The number of anilines is 2. The predicted molar refractivity (Wildman–Crippen MR) is 143 cm³/mol. The SMILES string of the molecule is C[Si](C)c1ccccc1.Cc1cc(C)c(N2C=CN(c3c(C)cc(C)cc3C)[CH-]2)c(C)c1.[Cu+]. The van der Waals surface area contributed by atoms with Crippen LogP contribution in [0.2, 0.25) is 13.1 Å². The van der Waals surface area contributed by atoms with Gasteiger partial charge in [0.1, 0.15) is 0 Å². The van der Waals surface area contributed by atoms with Gasteiger partial charge in [-0.25, -0.2) is 0 Å². The molecule has 1 heterocycles. The van der Waals surface area contributed by atoms with Crippen molar-refractivity contribution in [3.63, 3.8) is 0 Å². The van der Waals surface area contributed by atoms with Gasteiger partial charge in [-0.1, -0.05) is 84.0 Å². The second-order valence-corrected chi connectivity index (χ2v) is 11.7. The summed E-state index contributed by atoms with van der Waals surface area (Å²) in [6.07, 6.45) is 4.28. The van der Waals surface area contributed by atoms with Crippen molar-refractivity contribution in [3.05, 3.63) is 107 Å². The molecule has 0 aromatic heterocycles. The van der Waals surface area contributed by atoms with Gasteiger partial charge in [0, 0.05) is 11.4 Å². The second kappa shape index (κ2) is 11.7. The van der Waals surface area contributed by atoms with Crippen LogP contribution in [0.25, 0.3) is 0 Å². The Kier molecular flexibility index (Phi) is 9.60. The zero-order valence-electron chi connectivity index (χ0n) is 21.1. The molecule has 177 valence electrons. The van der Waals surface area contributed by atoms with Crippen LogP contribution in [0, 0.1) is 48.2 Å². The molecule has 0 fully saturated rings. The van der Waals surface area contributed by atoms with Gasteiger partial charge >= 0.3 is 17.1 Å². The first-order chi connectivity index (χ1) is 15.2. The van der Waals surface area contributed by atoms with Crippen molar-refractivity contribution in [2.45, 2.75) is 54.6 Å². The van der Waals surface area contributed by atoms with E-state index in [9.17, 15) is 0 Å². The summed E-state index contributed by atoms with van der Waals surface area (Å²) in [7, 11) is -0.212. The van der Waals surface area contributed by atoms with Crippen LogP contribution in [-0.4, -0.2) is 8.80 Å². The van der Waals surface area contributed by atoms with E-state index in [1.54, 1.807) is 0 Å². The van der Waals surface area contributed by atoms with E-state index in [-0.39, 0.29) is 25.9 Å². The van der Waals surface area contributed by atoms with Crippen LogP contribution in [-0.2, 0) is 17.1 Å². The second-order valence-electron chi connectivity index (χ2n) is 9.09. The molecular formula is C29H36CuN2Si. The Labute approximate surface area is 213 Å². The third-order valence-corrected chi connectivity index (χ3v) is 7.26. The summed E-state index contributed by atoms with van der Waals surface area (Å²) in [4.78, 5) is 4.45. The monoisotopic (exact) mass is 503 g/mol. The molecule has 3 aromatic carbocycles. The fourth-order valence-electron chi connectivity index (χ4n) is 4.55. The minimum absolute atomic E-state index is 0. The molecule has 1 radical (unpaired) electrons.